The van der Waals surface area contributed by atoms with Gasteiger partial charge in [-0.15, -0.1) is 0 Å². The maximum absolute atomic E-state index is 12.9. The summed E-state index contributed by atoms with van der Waals surface area (Å²) in [5.41, 5.74) is 7.38. The number of benzene rings is 2. The van der Waals surface area contributed by atoms with Crippen LogP contribution in [0, 0.1) is 0 Å². The van der Waals surface area contributed by atoms with E-state index in [0.717, 1.165) is 16.5 Å². The number of primary amides is 1. The average Bonchev–Trinajstić information content (AvgIpc) is 3.03. The van der Waals surface area contributed by atoms with Gasteiger partial charge in [-0.05, 0) is 11.6 Å². The first-order valence-corrected chi connectivity index (χ1v) is 7.70. The lowest BCUT2D eigenvalue weighted by Crippen LogP contribution is -2.34. The van der Waals surface area contributed by atoms with E-state index in [9.17, 15) is 9.59 Å². The van der Waals surface area contributed by atoms with Crippen molar-refractivity contribution in [1.29, 1.82) is 0 Å². The molecule has 0 aliphatic heterocycles. The molecule has 0 fully saturated rings. The molecule has 0 saturated heterocycles. The molecule has 6 heteroatoms. The monoisotopic (exact) mass is 322 g/mol. The van der Waals surface area contributed by atoms with Gasteiger partial charge in [0.15, 0.2) is 5.69 Å². The number of para-hydroxylation sites is 1. The Hall–Kier alpha value is -3.15. The molecule has 3 N–H and O–H groups in total. The third kappa shape index (κ3) is 3.43. The molecule has 0 bridgehead atoms. The lowest BCUT2D eigenvalue weighted by atomic mass is 10.1. The van der Waals surface area contributed by atoms with Crippen molar-refractivity contribution >= 4 is 22.7 Å². The second-order valence-electron chi connectivity index (χ2n) is 5.55. The van der Waals surface area contributed by atoms with Crippen molar-refractivity contribution in [3.05, 3.63) is 65.9 Å². The molecule has 0 atom stereocenters. The number of nitrogens with zero attached hydrogens (tertiary/aromatic N) is 2. The summed E-state index contributed by atoms with van der Waals surface area (Å²) in [6.45, 7) is 0.651. The summed E-state index contributed by atoms with van der Waals surface area (Å²) in [5, 5.41) is 7.78. The number of aromatic amines is 1. The van der Waals surface area contributed by atoms with E-state index >= 15 is 0 Å². The fourth-order valence-electron chi connectivity index (χ4n) is 2.58. The quantitative estimate of drug-likeness (QED) is 0.728. The number of amides is 2. The standard InChI is InChI=1S/C18H18N4O2/c19-16(23)10-11-22(12-13-6-2-1-3-7-13)18(24)17-14-8-4-5-9-15(14)20-21-17/h1-9H,10-12H2,(H2,19,23)(H,20,21). The number of nitrogens with two attached hydrogens (primary N) is 1. The third-order valence-electron chi connectivity index (χ3n) is 3.80. The molecule has 3 aromatic rings. The van der Waals surface area contributed by atoms with Crippen LogP contribution in [0.1, 0.15) is 22.5 Å². The van der Waals surface area contributed by atoms with Crippen molar-refractivity contribution < 1.29 is 9.59 Å². The maximum Gasteiger partial charge on any atom is 0.275 e. The molecule has 2 aromatic carbocycles. The Morgan fingerprint density at radius 3 is 2.50 bits per heavy atom. The van der Waals surface area contributed by atoms with E-state index in [1.54, 1.807) is 4.90 Å². The Labute approximate surface area is 139 Å². The zero-order valence-corrected chi connectivity index (χ0v) is 13.1. The van der Waals surface area contributed by atoms with E-state index in [4.69, 9.17) is 5.73 Å². The van der Waals surface area contributed by atoms with E-state index in [1.165, 1.54) is 0 Å². The Balaban J connectivity index is 1.88. The van der Waals surface area contributed by atoms with E-state index in [2.05, 4.69) is 10.2 Å². The van der Waals surface area contributed by atoms with Gasteiger partial charge in [0.2, 0.25) is 5.91 Å². The van der Waals surface area contributed by atoms with E-state index < -0.39 is 5.91 Å². The van der Waals surface area contributed by atoms with Gasteiger partial charge in [0, 0.05) is 24.9 Å². The van der Waals surface area contributed by atoms with E-state index in [1.807, 2.05) is 54.6 Å². The first-order valence-electron chi connectivity index (χ1n) is 7.70. The molecule has 0 aliphatic rings. The zero-order chi connectivity index (χ0) is 16.9. The predicted molar refractivity (Wildman–Crippen MR) is 91.1 cm³/mol. The molecular weight excluding hydrogens is 304 g/mol. The molecule has 1 aromatic heterocycles. The van der Waals surface area contributed by atoms with Crippen molar-refractivity contribution in [3.8, 4) is 0 Å². The maximum atomic E-state index is 12.9. The van der Waals surface area contributed by atoms with Crippen LogP contribution in [0.4, 0.5) is 0 Å². The van der Waals surface area contributed by atoms with Crippen LogP contribution in [0.2, 0.25) is 0 Å². The fraction of sp³-hybridized carbons (Fsp3) is 0.167. The zero-order valence-electron chi connectivity index (χ0n) is 13.1. The van der Waals surface area contributed by atoms with Gasteiger partial charge in [0.25, 0.3) is 5.91 Å². The summed E-state index contributed by atoms with van der Waals surface area (Å²) < 4.78 is 0. The summed E-state index contributed by atoms with van der Waals surface area (Å²) in [4.78, 5) is 25.7. The Kier molecular flexibility index (Phi) is 4.56. The number of aromatic nitrogens is 2. The van der Waals surface area contributed by atoms with Crippen LogP contribution in [0.15, 0.2) is 54.6 Å². The summed E-state index contributed by atoms with van der Waals surface area (Å²) in [6.07, 6.45) is 0.112. The summed E-state index contributed by atoms with van der Waals surface area (Å²) in [6, 6.07) is 17.1. The molecular formula is C18H18N4O2. The van der Waals surface area contributed by atoms with Crippen LogP contribution < -0.4 is 5.73 Å². The second kappa shape index (κ2) is 6.95. The van der Waals surface area contributed by atoms with Crippen LogP contribution in [-0.2, 0) is 11.3 Å². The molecule has 1 heterocycles. The molecule has 0 unspecified atom stereocenters. The minimum absolute atomic E-state index is 0.112. The van der Waals surface area contributed by atoms with Gasteiger partial charge in [-0.1, -0.05) is 48.5 Å². The van der Waals surface area contributed by atoms with Crippen LogP contribution in [0.5, 0.6) is 0 Å². The van der Waals surface area contributed by atoms with Gasteiger partial charge in [0.1, 0.15) is 0 Å². The van der Waals surface area contributed by atoms with Gasteiger partial charge >= 0.3 is 0 Å². The lowest BCUT2D eigenvalue weighted by Gasteiger charge is -2.21. The fourth-order valence-corrected chi connectivity index (χ4v) is 2.58. The highest BCUT2D eigenvalue weighted by Gasteiger charge is 2.21. The molecule has 0 aliphatic carbocycles. The number of fused-ring (bicyclic) bond motifs is 1. The SMILES string of the molecule is NC(=O)CCN(Cc1ccccc1)C(=O)c1n[nH]c2ccccc12. The number of rotatable bonds is 6. The molecule has 24 heavy (non-hydrogen) atoms. The minimum atomic E-state index is -0.437. The van der Waals surface area contributed by atoms with Crippen LogP contribution >= 0.6 is 0 Å². The molecule has 0 spiro atoms. The van der Waals surface area contributed by atoms with Crippen molar-refractivity contribution in [2.75, 3.05) is 6.54 Å². The summed E-state index contributed by atoms with van der Waals surface area (Å²) in [7, 11) is 0. The molecule has 0 saturated carbocycles. The van der Waals surface area contributed by atoms with Crippen molar-refractivity contribution in [3.63, 3.8) is 0 Å². The Morgan fingerprint density at radius 2 is 1.75 bits per heavy atom. The molecule has 2 amide bonds. The van der Waals surface area contributed by atoms with Gasteiger partial charge in [0.05, 0.1) is 5.52 Å². The number of carbonyl (C=O) groups excluding carboxylic acids is 2. The van der Waals surface area contributed by atoms with Gasteiger partial charge in [-0.25, -0.2) is 0 Å². The van der Waals surface area contributed by atoms with Gasteiger partial charge < -0.3 is 10.6 Å². The highest BCUT2D eigenvalue weighted by Crippen LogP contribution is 2.18. The molecule has 0 radical (unpaired) electrons. The van der Waals surface area contributed by atoms with Crippen molar-refractivity contribution in [2.24, 2.45) is 5.73 Å². The van der Waals surface area contributed by atoms with Crippen LogP contribution in [0.3, 0.4) is 0 Å². The number of nitrogens with one attached hydrogen (secondary N) is 1. The Morgan fingerprint density at radius 1 is 1.04 bits per heavy atom. The van der Waals surface area contributed by atoms with E-state index in [-0.39, 0.29) is 18.9 Å². The van der Waals surface area contributed by atoms with Crippen molar-refractivity contribution in [1.82, 2.24) is 15.1 Å². The summed E-state index contributed by atoms with van der Waals surface area (Å²) in [5.74, 6) is -0.662. The first kappa shape index (κ1) is 15.7. The summed E-state index contributed by atoms with van der Waals surface area (Å²) >= 11 is 0. The molecule has 3 rings (SSSR count). The van der Waals surface area contributed by atoms with Crippen LogP contribution in [-0.4, -0.2) is 33.5 Å². The number of carbonyl (C=O) groups is 2. The molecule has 122 valence electrons. The predicted octanol–water partition coefficient (Wildman–Crippen LogP) is 2.08. The average molecular weight is 322 g/mol. The number of hydrogen-bond acceptors (Lipinski definition) is 3. The highest BCUT2D eigenvalue weighted by molar-refractivity contribution is 6.04. The highest BCUT2D eigenvalue weighted by atomic mass is 16.2. The van der Waals surface area contributed by atoms with E-state index in [0.29, 0.717) is 12.2 Å². The topological polar surface area (TPSA) is 92.1 Å². The Bertz CT molecular complexity index is 858. The number of H-pyrrole nitrogens is 1. The smallest absolute Gasteiger partial charge is 0.275 e. The molecule has 6 nitrogen and oxygen atoms in total. The second-order valence-corrected chi connectivity index (χ2v) is 5.55. The first-order chi connectivity index (χ1) is 11.6. The van der Waals surface area contributed by atoms with Crippen LogP contribution in [0.25, 0.3) is 10.9 Å². The largest absolute Gasteiger partial charge is 0.370 e. The van der Waals surface area contributed by atoms with Crippen molar-refractivity contribution in [2.45, 2.75) is 13.0 Å². The van der Waals surface area contributed by atoms with Gasteiger partial charge in [-0.3, -0.25) is 14.7 Å². The number of hydrogen-bond donors (Lipinski definition) is 2. The third-order valence-corrected chi connectivity index (χ3v) is 3.80. The van der Waals surface area contributed by atoms with Gasteiger partial charge in [-0.2, -0.15) is 5.10 Å². The minimum Gasteiger partial charge on any atom is -0.370 e. The lowest BCUT2D eigenvalue weighted by molar-refractivity contribution is -0.118. The normalized spacial score (nSPS) is 10.7.